The number of fused-ring (bicyclic) bond motifs is 1. The molecule has 0 spiro atoms. The third-order valence-electron chi connectivity index (χ3n) is 4.98. The third kappa shape index (κ3) is 4.73. The second-order valence-corrected chi connectivity index (χ2v) is 7.01. The van der Waals surface area contributed by atoms with Gasteiger partial charge >= 0.3 is 0 Å². The Labute approximate surface area is 163 Å². The Morgan fingerprint density at radius 2 is 1.86 bits per heavy atom. The Morgan fingerprint density at radius 1 is 1.11 bits per heavy atom. The van der Waals surface area contributed by atoms with Gasteiger partial charge in [0.25, 0.3) is 11.6 Å². The van der Waals surface area contributed by atoms with Crippen LogP contribution in [0.3, 0.4) is 0 Å². The molecule has 1 atom stereocenters. The Morgan fingerprint density at radius 3 is 2.61 bits per heavy atom. The van der Waals surface area contributed by atoms with Crippen LogP contribution in [-0.2, 0) is 17.6 Å². The molecule has 1 aliphatic rings. The summed E-state index contributed by atoms with van der Waals surface area (Å²) in [4.78, 5) is 34.6. The van der Waals surface area contributed by atoms with E-state index in [1.54, 1.807) is 0 Å². The van der Waals surface area contributed by atoms with E-state index in [4.69, 9.17) is 0 Å². The standard InChI is InChI=1S/C21H23N3O4/c1-14(16-10-9-15-5-2-3-6-17(15)11-16)23-20(25)13-22-21(26)18-7-4-8-19(12-18)24(27)28/h4,7-12,14H,2-3,5-6,13H2,1H3,(H,22,26)(H,23,25)/t14-/m0/s1. The second-order valence-electron chi connectivity index (χ2n) is 7.01. The van der Waals surface area contributed by atoms with E-state index in [0.29, 0.717) is 0 Å². The Hall–Kier alpha value is -3.22. The highest BCUT2D eigenvalue weighted by Gasteiger charge is 2.16. The van der Waals surface area contributed by atoms with Crippen molar-refractivity contribution in [3.05, 3.63) is 74.8 Å². The minimum atomic E-state index is -0.566. The first-order chi connectivity index (χ1) is 13.4. The van der Waals surface area contributed by atoms with Crippen LogP contribution in [0, 0.1) is 10.1 Å². The van der Waals surface area contributed by atoms with Crippen LogP contribution in [-0.4, -0.2) is 23.3 Å². The molecule has 0 saturated carbocycles. The van der Waals surface area contributed by atoms with Crippen LogP contribution in [0.1, 0.15) is 52.9 Å². The van der Waals surface area contributed by atoms with Crippen LogP contribution in [0.2, 0.25) is 0 Å². The van der Waals surface area contributed by atoms with Crippen molar-refractivity contribution in [3.8, 4) is 0 Å². The first-order valence-electron chi connectivity index (χ1n) is 9.38. The number of aryl methyl sites for hydroxylation is 2. The first-order valence-corrected chi connectivity index (χ1v) is 9.38. The molecule has 2 aromatic rings. The maximum atomic E-state index is 12.2. The van der Waals surface area contributed by atoms with E-state index in [1.807, 2.05) is 13.0 Å². The van der Waals surface area contributed by atoms with E-state index < -0.39 is 10.8 Å². The summed E-state index contributed by atoms with van der Waals surface area (Å²) in [6, 6.07) is 11.6. The molecule has 2 amide bonds. The lowest BCUT2D eigenvalue weighted by atomic mass is 9.89. The molecule has 1 aliphatic carbocycles. The number of hydrogen-bond donors (Lipinski definition) is 2. The lowest BCUT2D eigenvalue weighted by Gasteiger charge is -2.20. The molecular formula is C21H23N3O4. The number of carbonyl (C=O) groups is 2. The fraction of sp³-hybridized carbons (Fsp3) is 0.333. The van der Waals surface area contributed by atoms with Crippen LogP contribution in [0.25, 0.3) is 0 Å². The molecule has 28 heavy (non-hydrogen) atoms. The average molecular weight is 381 g/mol. The van der Waals surface area contributed by atoms with Gasteiger partial charge in [0.2, 0.25) is 5.91 Å². The summed E-state index contributed by atoms with van der Waals surface area (Å²) < 4.78 is 0. The maximum absolute atomic E-state index is 12.2. The molecule has 146 valence electrons. The number of nitro groups is 1. The van der Waals surface area contributed by atoms with Crippen molar-refractivity contribution in [1.29, 1.82) is 0 Å². The van der Waals surface area contributed by atoms with E-state index in [1.165, 1.54) is 48.2 Å². The van der Waals surface area contributed by atoms with Crippen molar-refractivity contribution in [2.75, 3.05) is 6.54 Å². The van der Waals surface area contributed by atoms with Crippen molar-refractivity contribution < 1.29 is 14.5 Å². The van der Waals surface area contributed by atoms with E-state index >= 15 is 0 Å². The number of nitrogens with one attached hydrogen (secondary N) is 2. The molecule has 7 nitrogen and oxygen atoms in total. The van der Waals surface area contributed by atoms with Gasteiger partial charge in [-0.25, -0.2) is 0 Å². The predicted octanol–water partition coefficient (Wildman–Crippen LogP) is 3.08. The molecule has 0 fully saturated rings. The summed E-state index contributed by atoms with van der Waals surface area (Å²) in [7, 11) is 0. The van der Waals surface area contributed by atoms with Crippen molar-refractivity contribution in [2.45, 2.75) is 38.6 Å². The van der Waals surface area contributed by atoms with Crippen molar-refractivity contribution >= 4 is 17.5 Å². The van der Waals surface area contributed by atoms with Crippen LogP contribution in [0.15, 0.2) is 42.5 Å². The molecule has 3 rings (SSSR count). The highest BCUT2D eigenvalue weighted by molar-refractivity contribution is 5.97. The number of nitrogens with zero attached hydrogens (tertiary/aromatic N) is 1. The van der Waals surface area contributed by atoms with Crippen LogP contribution in [0.5, 0.6) is 0 Å². The van der Waals surface area contributed by atoms with E-state index in [9.17, 15) is 19.7 Å². The van der Waals surface area contributed by atoms with Crippen LogP contribution in [0.4, 0.5) is 5.69 Å². The van der Waals surface area contributed by atoms with Gasteiger partial charge in [-0.2, -0.15) is 0 Å². The summed E-state index contributed by atoms with van der Waals surface area (Å²) in [6.07, 6.45) is 4.60. The maximum Gasteiger partial charge on any atom is 0.270 e. The summed E-state index contributed by atoms with van der Waals surface area (Å²) in [5, 5.41) is 16.2. The first kappa shape index (κ1) is 19.5. The molecule has 2 aromatic carbocycles. The quantitative estimate of drug-likeness (QED) is 0.593. The molecule has 0 aromatic heterocycles. The molecule has 0 aliphatic heterocycles. The number of carbonyl (C=O) groups excluding carboxylic acids is 2. The summed E-state index contributed by atoms with van der Waals surface area (Å²) in [5.41, 5.74) is 3.75. The van der Waals surface area contributed by atoms with Gasteiger partial charge in [-0.3, -0.25) is 19.7 Å². The molecule has 0 radical (unpaired) electrons. The normalized spacial score (nSPS) is 13.9. The van der Waals surface area contributed by atoms with Crippen molar-refractivity contribution in [1.82, 2.24) is 10.6 Å². The molecule has 0 saturated heterocycles. The molecule has 2 N–H and O–H groups in total. The summed E-state index contributed by atoms with van der Waals surface area (Å²) >= 11 is 0. The fourth-order valence-electron chi connectivity index (χ4n) is 3.42. The minimum absolute atomic E-state index is 0.143. The number of benzene rings is 2. The van der Waals surface area contributed by atoms with Gasteiger partial charge in [0.1, 0.15) is 0 Å². The highest BCUT2D eigenvalue weighted by Crippen LogP contribution is 2.24. The Balaban J connectivity index is 1.54. The smallest absolute Gasteiger partial charge is 0.270 e. The average Bonchev–Trinajstić information content (AvgIpc) is 2.71. The third-order valence-corrected chi connectivity index (χ3v) is 4.98. The topological polar surface area (TPSA) is 101 Å². The van der Waals surface area contributed by atoms with Gasteiger partial charge in [-0.1, -0.05) is 24.3 Å². The van der Waals surface area contributed by atoms with Gasteiger partial charge in [0.05, 0.1) is 17.5 Å². The molecular weight excluding hydrogens is 358 g/mol. The van der Waals surface area contributed by atoms with E-state index in [2.05, 4.69) is 22.8 Å². The van der Waals surface area contributed by atoms with Gasteiger partial charge in [0.15, 0.2) is 0 Å². The highest BCUT2D eigenvalue weighted by atomic mass is 16.6. The van der Waals surface area contributed by atoms with Gasteiger partial charge in [-0.05, 0) is 55.4 Å². The largest absolute Gasteiger partial charge is 0.348 e. The molecule has 7 heteroatoms. The number of hydrogen-bond acceptors (Lipinski definition) is 4. The zero-order chi connectivity index (χ0) is 20.1. The number of amides is 2. The van der Waals surface area contributed by atoms with Crippen molar-refractivity contribution in [2.24, 2.45) is 0 Å². The number of nitro benzene ring substituents is 1. The SMILES string of the molecule is C[C@H](NC(=O)CNC(=O)c1cccc([N+](=O)[O-])c1)c1ccc2c(c1)CCCC2. The lowest BCUT2D eigenvalue weighted by Crippen LogP contribution is -2.38. The van der Waals surface area contributed by atoms with Gasteiger partial charge in [0, 0.05) is 17.7 Å². The Kier molecular flexibility index (Phi) is 6.03. The minimum Gasteiger partial charge on any atom is -0.348 e. The van der Waals surface area contributed by atoms with Gasteiger partial charge in [-0.15, -0.1) is 0 Å². The summed E-state index contributed by atoms with van der Waals surface area (Å²) in [5.74, 6) is -0.843. The zero-order valence-electron chi connectivity index (χ0n) is 15.7. The second kappa shape index (κ2) is 8.65. The summed E-state index contributed by atoms with van der Waals surface area (Å²) in [6.45, 7) is 1.71. The molecule has 0 heterocycles. The number of non-ortho nitro benzene ring substituents is 1. The van der Waals surface area contributed by atoms with E-state index in [0.717, 1.165) is 18.4 Å². The van der Waals surface area contributed by atoms with Crippen molar-refractivity contribution in [3.63, 3.8) is 0 Å². The number of rotatable bonds is 6. The monoisotopic (exact) mass is 381 g/mol. The van der Waals surface area contributed by atoms with Gasteiger partial charge < -0.3 is 10.6 Å². The van der Waals surface area contributed by atoms with E-state index in [-0.39, 0.29) is 29.7 Å². The lowest BCUT2D eigenvalue weighted by molar-refractivity contribution is -0.384. The molecule has 0 bridgehead atoms. The predicted molar refractivity (Wildman–Crippen MR) is 105 cm³/mol. The van der Waals surface area contributed by atoms with Crippen LogP contribution >= 0.6 is 0 Å². The molecule has 0 unspecified atom stereocenters. The Bertz CT molecular complexity index is 910. The van der Waals surface area contributed by atoms with Crippen LogP contribution < -0.4 is 10.6 Å². The zero-order valence-corrected chi connectivity index (χ0v) is 15.7. The fourth-order valence-corrected chi connectivity index (χ4v) is 3.42.